The van der Waals surface area contributed by atoms with E-state index in [-0.39, 0.29) is 0 Å². The third-order valence-electron chi connectivity index (χ3n) is 2.63. The van der Waals surface area contributed by atoms with E-state index in [4.69, 9.17) is 5.10 Å². The highest BCUT2D eigenvalue weighted by atomic mass is 32.7. The van der Waals surface area contributed by atoms with Crippen LogP contribution in [0.15, 0.2) is 35.4 Å². The second-order valence-electron chi connectivity index (χ2n) is 3.68. The van der Waals surface area contributed by atoms with Crippen LogP contribution in [-0.2, 0) is 0 Å². The van der Waals surface area contributed by atoms with E-state index in [2.05, 4.69) is 53.8 Å². The molecule has 1 aliphatic heterocycles. The number of benzene rings is 1. The Morgan fingerprint density at radius 1 is 1.28 bits per heavy atom. The van der Waals surface area contributed by atoms with Crippen LogP contribution >= 0.6 is 30.6 Å². The van der Waals surface area contributed by atoms with Crippen molar-refractivity contribution in [2.24, 2.45) is 5.10 Å². The van der Waals surface area contributed by atoms with Crippen molar-refractivity contribution < 1.29 is 0 Å². The van der Waals surface area contributed by atoms with Gasteiger partial charge in [0.15, 0.2) is 11.8 Å². The highest BCUT2D eigenvalue weighted by Crippen LogP contribution is 2.63. The fraction of sp³-hybridized carbons (Fsp3) is 0.417. The lowest BCUT2D eigenvalue weighted by Crippen LogP contribution is -2.22. The van der Waals surface area contributed by atoms with E-state index in [1.807, 2.05) is 17.4 Å². The minimum absolute atomic E-state index is 0.435. The molecular formula is C12H18N3PS2. The van der Waals surface area contributed by atoms with Gasteiger partial charge in [-0.3, -0.25) is 4.67 Å². The van der Waals surface area contributed by atoms with Gasteiger partial charge in [-0.25, -0.2) is 4.78 Å². The molecule has 18 heavy (non-hydrogen) atoms. The molecule has 0 spiro atoms. The van der Waals surface area contributed by atoms with Crippen molar-refractivity contribution in [3.8, 4) is 0 Å². The molecule has 0 bridgehead atoms. The summed E-state index contributed by atoms with van der Waals surface area (Å²) in [5, 5.41) is 4.74. The van der Waals surface area contributed by atoms with Gasteiger partial charge in [0.05, 0.1) is 5.69 Å². The number of nitrogens with zero attached hydrogens (tertiary/aromatic N) is 3. The monoisotopic (exact) mass is 299 g/mol. The van der Waals surface area contributed by atoms with Gasteiger partial charge in [0, 0.05) is 13.1 Å². The molecule has 1 heterocycles. The Kier molecular flexibility index (Phi) is 5.37. The van der Waals surface area contributed by atoms with Gasteiger partial charge in [0.2, 0.25) is 0 Å². The molecule has 0 saturated heterocycles. The summed E-state index contributed by atoms with van der Waals surface area (Å²) < 4.78 is 5.84. The van der Waals surface area contributed by atoms with Crippen LogP contribution in [0.1, 0.15) is 13.8 Å². The number of hydrogen-bond donors (Lipinski definition) is 0. The summed E-state index contributed by atoms with van der Waals surface area (Å²) >= 11 is 3.63. The molecule has 3 nitrogen and oxygen atoms in total. The van der Waals surface area contributed by atoms with E-state index in [1.54, 1.807) is 11.8 Å². The van der Waals surface area contributed by atoms with Gasteiger partial charge in [-0.05, 0) is 29.8 Å². The van der Waals surface area contributed by atoms with Crippen molar-refractivity contribution in [2.75, 3.05) is 24.1 Å². The Hall–Kier alpha value is -0.220. The molecule has 98 valence electrons. The molecule has 1 unspecified atom stereocenters. The molecular weight excluding hydrogens is 281 g/mol. The average molecular weight is 299 g/mol. The molecule has 0 aliphatic carbocycles. The van der Waals surface area contributed by atoms with Crippen LogP contribution in [0.25, 0.3) is 0 Å². The van der Waals surface area contributed by atoms with E-state index in [1.165, 1.54) is 5.69 Å². The second kappa shape index (κ2) is 6.80. The number of thioether (sulfide) groups is 1. The van der Waals surface area contributed by atoms with Crippen LogP contribution in [0.5, 0.6) is 0 Å². The van der Waals surface area contributed by atoms with Crippen LogP contribution in [-0.4, -0.2) is 28.4 Å². The van der Waals surface area contributed by atoms with Gasteiger partial charge in [-0.15, -0.1) is 11.8 Å². The highest BCUT2D eigenvalue weighted by molar-refractivity contribution is 8.70. The topological polar surface area (TPSA) is 18.8 Å². The standard InChI is InChI=1S/C12H18N3PS2/c1-4-14(5-2)16-15(13-12(17-3)18-16)11-9-7-6-8-10-11/h6-10H,4-5H2,1-3H3. The molecule has 1 aromatic rings. The molecule has 1 aliphatic rings. The zero-order chi connectivity index (χ0) is 13.0. The third-order valence-corrected chi connectivity index (χ3v) is 8.44. The summed E-state index contributed by atoms with van der Waals surface area (Å²) in [6, 6.07) is 10.5. The van der Waals surface area contributed by atoms with Crippen LogP contribution in [0.3, 0.4) is 0 Å². The van der Waals surface area contributed by atoms with Crippen LogP contribution in [0.2, 0.25) is 0 Å². The Labute approximate surface area is 119 Å². The Balaban J connectivity index is 2.25. The quantitative estimate of drug-likeness (QED) is 0.765. The van der Waals surface area contributed by atoms with Gasteiger partial charge < -0.3 is 0 Å². The molecule has 1 atom stereocenters. The van der Waals surface area contributed by atoms with Crippen molar-refractivity contribution in [3.05, 3.63) is 30.3 Å². The molecule has 0 N–H and O–H groups in total. The molecule has 0 radical (unpaired) electrons. The first-order chi connectivity index (χ1) is 8.80. The Bertz CT molecular complexity index is 409. The van der Waals surface area contributed by atoms with E-state index in [9.17, 15) is 0 Å². The smallest absolute Gasteiger partial charge is 0.161 e. The van der Waals surface area contributed by atoms with E-state index in [0.29, 0.717) is 0 Å². The van der Waals surface area contributed by atoms with Crippen molar-refractivity contribution in [2.45, 2.75) is 13.8 Å². The lowest BCUT2D eigenvalue weighted by molar-refractivity contribution is 0.511. The third kappa shape index (κ3) is 3.02. The largest absolute Gasteiger partial charge is 0.256 e. The van der Waals surface area contributed by atoms with Gasteiger partial charge in [0.25, 0.3) is 0 Å². The lowest BCUT2D eigenvalue weighted by atomic mass is 10.3. The van der Waals surface area contributed by atoms with Crippen molar-refractivity contribution in [1.29, 1.82) is 0 Å². The average Bonchev–Trinajstić information content (AvgIpc) is 2.85. The molecule has 0 amide bonds. The zero-order valence-electron chi connectivity index (χ0n) is 10.9. The predicted octanol–water partition coefficient (Wildman–Crippen LogP) is 4.44. The maximum Gasteiger partial charge on any atom is 0.161 e. The lowest BCUT2D eigenvalue weighted by Gasteiger charge is -2.30. The Morgan fingerprint density at radius 3 is 2.50 bits per heavy atom. The minimum Gasteiger partial charge on any atom is -0.256 e. The van der Waals surface area contributed by atoms with E-state index < -0.39 is 7.42 Å². The SMILES string of the molecule is CCN(CC)P1SC(SC)=NN1c1ccccc1. The second-order valence-corrected chi connectivity index (χ2v) is 8.28. The summed E-state index contributed by atoms with van der Waals surface area (Å²) in [5.41, 5.74) is 1.19. The number of rotatable bonds is 4. The maximum atomic E-state index is 4.74. The fourth-order valence-corrected chi connectivity index (χ4v) is 7.40. The minimum atomic E-state index is -0.435. The van der Waals surface area contributed by atoms with Crippen LogP contribution in [0.4, 0.5) is 5.69 Å². The summed E-state index contributed by atoms with van der Waals surface area (Å²) in [4.78, 5) is 0. The predicted molar refractivity (Wildman–Crippen MR) is 87.3 cm³/mol. The molecule has 1 aromatic carbocycles. The number of hydrogen-bond acceptors (Lipinski definition) is 5. The maximum absolute atomic E-state index is 4.74. The van der Waals surface area contributed by atoms with Crippen LogP contribution < -0.4 is 4.78 Å². The van der Waals surface area contributed by atoms with Gasteiger partial charge in [0.1, 0.15) is 0 Å². The molecule has 2 rings (SSSR count). The zero-order valence-corrected chi connectivity index (χ0v) is 13.4. The Morgan fingerprint density at radius 2 is 1.94 bits per heavy atom. The summed E-state index contributed by atoms with van der Waals surface area (Å²) in [6.45, 7) is 6.56. The van der Waals surface area contributed by atoms with E-state index in [0.717, 1.165) is 17.5 Å². The fourth-order valence-electron chi connectivity index (χ4n) is 1.68. The first-order valence-corrected chi connectivity index (χ1v) is 9.90. The van der Waals surface area contributed by atoms with Gasteiger partial charge in [-0.1, -0.05) is 32.0 Å². The van der Waals surface area contributed by atoms with Crippen LogP contribution in [0, 0.1) is 0 Å². The molecule has 0 aromatic heterocycles. The van der Waals surface area contributed by atoms with Crippen molar-refractivity contribution >= 4 is 40.6 Å². The van der Waals surface area contributed by atoms with Crippen molar-refractivity contribution in [3.63, 3.8) is 0 Å². The normalized spacial score (nSPS) is 19.4. The molecule has 6 heteroatoms. The summed E-state index contributed by atoms with van der Waals surface area (Å²) in [5.74, 6) is 0. The first kappa shape index (κ1) is 14.2. The number of hydrazone groups is 1. The first-order valence-electron chi connectivity index (χ1n) is 6.00. The summed E-state index contributed by atoms with van der Waals surface area (Å²) in [7, 11) is -0.435. The highest BCUT2D eigenvalue weighted by Gasteiger charge is 2.32. The van der Waals surface area contributed by atoms with E-state index >= 15 is 0 Å². The van der Waals surface area contributed by atoms with Crippen molar-refractivity contribution in [1.82, 2.24) is 4.67 Å². The van der Waals surface area contributed by atoms with Gasteiger partial charge >= 0.3 is 0 Å². The molecule has 0 fully saturated rings. The molecule has 0 saturated carbocycles. The van der Waals surface area contributed by atoms with Gasteiger partial charge in [-0.2, -0.15) is 5.10 Å². The summed E-state index contributed by atoms with van der Waals surface area (Å²) in [6.07, 6.45) is 2.09. The number of anilines is 1. The number of para-hydroxylation sites is 1.